The second-order valence-electron chi connectivity index (χ2n) is 2.58. The molecule has 56 valence electrons. The van der Waals surface area contributed by atoms with Crippen LogP contribution < -0.4 is 5.73 Å². The van der Waals surface area contributed by atoms with Crippen molar-refractivity contribution in [3.05, 3.63) is 12.0 Å². The lowest BCUT2D eigenvalue weighted by atomic mass is 10.1. The Morgan fingerprint density at radius 1 is 1.70 bits per heavy atom. The van der Waals surface area contributed by atoms with Crippen LogP contribution in [0.3, 0.4) is 0 Å². The largest absolute Gasteiger partial charge is 0.394 e. The van der Waals surface area contributed by atoms with Crippen LogP contribution in [-0.2, 0) is 5.67 Å². The Morgan fingerprint density at radius 3 is 2.50 bits per heavy atom. The number of anilines is 1. The summed E-state index contributed by atoms with van der Waals surface area (Å²) < 4.78 is 17.6. The SMILES string of the molecule is CC(C)(F)c1oncc1N. The fraction of sp³-hybridized carbons (Fsp3) is 0.500. The quantitative estimate of drug-likeness (QED) is 0.649. The molecule has 4 heteroatoms. The molecule has 0 aromatic carbocycles. The molecule has 3 nitrogen and oxygen atoms in total. The van der Waals surface area contributed by atoms with E-state index in [1.54, 1.807) is 0 Å². The minimum absolute atomic E-state index is 0.0903. The molecule has 1 aromatic heterocycles. The number of nitrogens with two attached hydrogens (primary N) is 1. The van der Waals surface area contributed by atoms with Gasteiger partial charge < -0.3 is 10.3 Å². The van der Waals surface area contributed by atoms with Gasteiger partial charge in [0.05, 0.1) is 11.9 Å². The zero-order valence-electron chi connectivity index (χ0n) is 5.89. The van der Waals surface area contributed by atoms with E-state index in [4.69, 9.17) is 5.73 Å². The summed E-state index contributed by atoms with van der Waals surface area (Å²) in [5.74, 6) is 0.0903. The second-order valence-corrected chi connectivity index (χ2v) is 2.58. The third-order valence-electron chi connectivity index (χ3n) is 1.14. The predicted octanol–water partition coefficient (Wildman–Crippen LogP) is 1.46. The number of alkyl halides is 1. The molecule has 2 N–H and O–H groups in total. The molecule has 0 saturated carbocycles. The minimum atomic E-state index is -1.54. The number of halogens is 1. The lowest BCUT2D eigenvalue weighted by Gasteiger charge is -2.08. The third kappa shape index (κ3) is 1.10. The fourth-order valence-corrected chi connectivity index (χ4v) is 0.699. The van der Waals surface area contributed by atoms with Gasteiger partial charge in [-0.1, -0.05) is 5.16 Å². The van der Waals surface area contributed by atoms with E-state index in [1.807, 2.05) is 0 Å². The van der Waals surface area contributed by atoms with Crippen molar-refractivity contribution in [2.45, 2.75) is 19.5 Å². The first-order valence-electron chi connectivity index (χ1n) is 2.91. The van der Waals surface area contributed by atoms with Crippen molar-refractivity contribution >= 4 is 5.69 Å². The van der Waals surface area contributed by atoms with Crippen molar-refractivity contribution in [3.8, 4) is 0 Å². The molecule has 1 heterocycles. The summed E-state index contributed by atoms with van der Waals surface area (Å²) in [5, 5.41) is 3.35. The zero-order chi connectivity index (χ0) is 7.78. The number of hydrogen-bond donors (Lipinski definition) is 1. The smallest absolute Gasteiger partial charge is 0.196 e. The molecule has 0 atom stereocenters. The van der Waals surface area contributed by atoms with Crippen molar-refractivity contribution in [2.75, 3.05) is 5.73 Å². The molecular formula is C6H9FN2O. The fourth-order valence-electron chi connectivity index (χ4n) is 0.699. The van der Waals surface area contributed by atoms with Crippen molar-refractivity contribution in [2.24, 2.45) is 0 Å². The van der Waals surface area contributed by atoms with Gasteiger partial charge in [0.15, 0.2) is 11.4 Å². The van der Waals surface area contributed by atoms with E-state index in [0.717, 1.165) is 0 Å². The lowest BCUT2D eigenvalue weighted by molar-refractivity contribution is 0.164. The monoisotopic (exact) mass is 144 g/mol. The van der Waals surface area contributed by atoms with E-state index in [1.165, 1.54) is 20.0 Å². The van der Waals surface area contributed by atoms with Crippen molar-refractivity contribution in [3.63, 3.8) is 0 Å². The molecule has 0 aliphatic heterocycles. The Morgan fingerprint density at radius 2 is 2.30 bits per heavy atom. The molecule has 0 bridgehead atoms. The van der Waals surface area contributed by atoms with Crippen LogP contribution in [0.15, 0.2) is 10.7 Å². The summed E-state index contributed by atoms with van der Waals surface area (Å²) in [7, 11) is 0. The average Bonchev–Trinajstić information content (AvgIpc) is 2.11. The van der Waals surface area contributed by atoms with Crippen molar-refractivity contribution < 1.29 is 8.91 Å². The van der Waals surface area contributed by atoms with Crippen LogP contribution >= 0.6 is 0 Å². The lowest BCUT2D eigenvalue weighted by Crippen LogP contribution is -2.09. The Kier molecular flexibility index (Phi) is 1.39. The Balaban J connectivity index is 3.05. The summed E-state index contributed by atoms with van der Waals surface area (Å²) in [4.78, 5) is 0. The highest BCUT2D eigenvalue weighted by molar-refractivity contribution is 5.40. The van der Waals surface area contributed by atoms with Crippen LogP contribution in [0.25, 0.3) is 0 Å². The van der Waals surface area contributed by atoms with Gasteiger partial charge in [-0.05, 0) is 13.8 Å². The number of hydrogen-bond acceptors (Lipinski definition) is 3. The van der Waals surface area contributed by atoms with E-state index in [0.29, 0.717) is 0 Å². The van der Waals surface area contributed by atoms with Crippen LogP contribution in [-0.4, -0.2) is 5.16 Å². The highest BCUT2D eigenvalue weighted by Crippen LogP contribution is 2.28. The summed E-state index contributed by atoms with van der Waals surface area (Å²) in [6.45, 7) is 2.73. The summed E-state index contributed by atoms with van der Waals surface area (Å²) in [5.41, 5.74) is 4.05. The highest BCUT2D eigenvalue weighted by atomic mass is 19.1. The maximum absolute atomic E-state index is 13.0. The van der Waals surface area contributed by atoms with Gasteiger partial charge >= 0.3 is 0 Å². The van der Waals surface area contributed by atoms with E-state index >= 15 is 0 Å². The van der Waals surface area contributed by atoms with Crippen LogP contribution in [0.2, 0.25) is 0 Å². The van der Waals surface area contributed by atoms with E-state index in [2.05, 4.69) is 9.68 Å². The highest BCUT2D eigenvalue weighted by Gasteiger charge is 2.26. The van der Waals surface area contributed by atoms with Gasteiger partial charge in [-0.15, -0.1) is 0 Å². The molecule has 0 amide bonds. The van der Waals surface area contributed by atoms with Crippen LogP contribution in [0.4, 0.5) is 10.1 Å². The van der Waals surface area contributed by atoms with E-state index < -0.39 is 5.67 Å². The Hall–Kier alpha value is -1.06. The van der Waals surface area contributed by atoms with E-state index in [-0.39, 0.29) is 11.4 Å². The van der Waals surface area contributed by atoms with Crippen LogP contribution in [0, 0.1) is 0 Å². The van der Waals surface area contributed by atoms with E-state index in [9.17, 15) is 4.39 Å². The molecule has 0 radical (unpaired) electrons. The Labute approximate surface area is 58.0 Å². The van der Waals surface area contributed by atoms with Gasteiger partial charge in [-0.25, -0.2) is 4.39 Å². The molecule has 1 aromatic rings. The first-order chi connectivity index (χ1) is 4.52. The average molecular weight is 144 g/mol. The maximum atomic E-state index is 13.0. The molecular weight excluding hydrogens is 135 g/mol. The molecule has 10 heavy (non-hydrogen) atoms. The van der Waals surface area contributed by atoms with Gasteiger partial charge in [-0.2, -0.15) is 0 Å². The van der Waals surface area contributed by atoms with Gasteiger partial charge in [0.2, 0.25) is 0 Å². The maximum Gasteiger partial charge on any atom is 0.196 e. The number of rotatable bonds is 1. The normalized spacial score (nSPS) is 11.9. The summed E-state index contributed by atoms with van der Waals surface area (Å²) >= 11 is 0. The van der Waals surface area contributed by atoms with Gasteiger partial charge in [0.1, 0.15) is 0 Å². The first-order valence-corrected chi connectivity index (χ1v) is 2.91. The standard InChI is InChI=1S/C6H9FN2O/c1-6(2,7)5-4(8)3-9-10-5/h3H,8H2,1-2H3. The van der Waals surface area contributed by atoms with Crippen molar-refractivity contribution in [1.29, 1.82) is 0 Å². The van der Waals surface area contributed by atoms with Gasteiger partial charge in [0.25, 0.3) is 0 Å². The molecule has 0 aliphatic carbocycles. The topological polar surface area (TPSA) is 52.0 Å². The second kappa shape index (κ2) is 1.97. The minimum Gasteiger partial charge on any atom is -0.394 e. The summed E-state index contributed by atoms with van der Waals surface area (Å²) in [6.07, 6.45) is 1.29. The summed E-state index contributed by atoms with van der Waals surface area (Å²) in [6, 6.07) is 0. The Bertz CT molecular complexity index is 226. The first kappa shape index (κ1) is 7.05. The van der Waals surface area contributed by atoms with Gasteiger partial charge in [0, 0.05) is 0 Å². The number of nitrogens with zero attached hydrogens (tertiary/aromatic N) is 1. The number of nitrogen functional groups attached to an aromatic ring is 1. The van der Waals surface area contributed by atoms with Crippen LogP contribution in [0.1, 0.15) is 19.6 Å². The number of aromatic nitrogens is 1. The molecule has 0 spiro atoms. The van der Waals surface area contributed by atoms with Gasteiger partial charge in [-0.3, -0.25) is 0 Å². The van der Waals surface area contributed by atoms with Crippen molar-refractivity contribution in [1.82, 2.24) is 5.16 Å². The molecule has 0 unspecified atom stereocenters. The third-order valence-corrected chi connectivity index (χ3v) is 1.14. The van der Waals surface area contributed by atoms with Crippen LogP contribution in [0.5, 0.6) is 0 Å². The zero-order valence-corrected chi connectivity index (χ0v) is 5.89. The predicted molar refractivity (Wildman–Crippen MR) is 35.0 cm³/mol. The molecule has 0 aliphatic rings. The molecule has 1 rings (SSSR count). The molecule has 0 saturated heterocycles. The molecule has 0 fully saturated rings.